The zero-order chi connectivity index (χ0) is 18.8. The van der Waals surface area contributed by atoms with Crippen LogP contribution in [-0.2, 0) is 6.54 Å². The number of imidazole rings is 1. The Morgan fingerprint density at radius 2 is 1.96 bits per heavy atom. The largest absolute Gasteiger partial charge is 0.496 e. The predicted molar refractivity (Wildman–Crippen MR) is 107 cm³/mol. The highest BCUT2D eigenvalue weighted by atomic mass is 16.5. The zero-order valence-electron chi connectivity index (χ0n) is 16.2. The number of ether oxygens (including phenoxy) is 1. The van der Waals surface area contributed by atoms with E-state index in [1.807, 2.05) is 30.7 Å². The molecule has 0 amide bonds. The first kappa shape index (κ1) is 17.7. The maximum atomic E-state index is 5.38. The summed E-state index contributed by atoms with van der Waals surface area (Å²) >= 11 is 0. The maximum absolute atomic E-state index is 5.38. The summed E-state index contributed by atoms with van der Waals surface area (Å²) in [5.41, 5.74) is 4.87. The molecule has 140 valence electrons. The molecule has 0 aliphatic carbocycles. The van der Waals surface area contributed by atoms with Gasteiger partial charge in [0.1, 0.15) is 11.6 Å². The smallest absolute Gasteiger partial charge is 0.140 e. The van der Waals surface area contributed by atoms with Crippen molar-refractivity contribution in [3.63, 3.8) is 0 Å². The molecule has 0 N–H and O–H groups in total. The van der Waals surface area contributed by atoms with Crippen molar-refractivity contribution < 1.29 is 4.74 Å². The van der Waals surface area contributed by atoms with Crippen molar-refractivity contribution in [3.05, 3.63) is 65.7 Å². The number of aryl methyl sites for hydroxylation is 2. The molecule has 5 nitrogen and oxygen atoms in total. The van der Waals surface area contributed by atoms with Gasteiger partial charge in [-0.1, -0.05) is 12.1 Å². The Bertz CT molecular complexity index is 919. The number of nitrogens with zero attached hydrogens (tertiary/aromatic N) is 4. The normalized spacial score (nSPS) is 17.4. The van der Waals surface area contributed by atoms with E-state index in [-0.39, 0.29) is 0 Å². The van der Waals surface area contributed by atoms with Crippen molar-refractivity contribution in [2.75, 3.05) is 20.2 Å². The van der Waals surface area contributed by atoms with E-state index >= 15 is 0 Å². The molecular weight excluding hydrogens is 336 g/mol. The minimum Gasteiger partial charge on any atom is -0.496 e. The number of aromatic nitrogens is 3. The molecule has 0 radical (unpaired) electrons. The van der Waals surface area contributed by atoms with Gasteiger partial charge in [0.2, 0.25) is 0 Å². The molecule has 5 heteroatoms. The molecule has 1 saturated heterocycles. The van der Waals surface area contributed by atoms with Gasteiger partial charge in [-0.3, -0.25) is 9.88 Å². The van der Waals surface area contributed by atoms with Crippen LogP contribution in [0.1, 0.15) is 29.3 Å². The molecule has 3 aromatic rings. The Morgan fingerprint density at radius 1 is 1.15 bits per heavy atom. The Hall–Kier alpha value is -2.66. The van der Waals surface area contributed by atoms with Crippen LogP contribution >= 0.6 is 0 Å². The van der Waals surface area contributed by atoms with Gasteiger partial charge < -0.3 is 9.30 Å². The van der Waals surface area contributed by atoms with Gasteiger partial charge in [-0.25, -0.2) is 4.98 Å². The Morgan fingerprint density at radius 3 is 2.70 bits per heavy atom. The maximum Gasteiger partial charge on any atom is 0.140 e. The number of likely N-dealkylation sites (tertiary alicyclic amines) is 1. The number of rotatable bonds is 5. The molecule has 0 saturated carbocycles. The molecule has 1 atom stereocenters. The van der Waals surface area contributed by atoms with Crippen molar-refractivity contribution in [1.29, 1.82) is 0 Å². The molecule has 4 rings (SSSR count). The van der Waals surface area contributed by atoms with E-state index in [9.17, 15) is 0 Å². The molecule has 0 spiro atoms. The summed E-state index contributed by atoms with van der Waals surface area (Å²) in [5.74, 6) is 2.00. The number of hydrogen-bond donors (Lipinski definition) is 0. The standard InChI is InChI=1S/C22H26N4O/c1-16-12-18(4-5-21(16)27-3)14-25-11-8-20(15-25)26-17(2)13-24-22(26)19-6-9-23-10-7-19/h4-7,9-10,12-13,20H,8,11,14-15H2,1-3H3. The lowest BCUT2D eigenvalue weighted by atomic mass is 10.1. The summed E-state index contributed by atoms with van der Waals surface area (Å²) in [7, 11) is 1.72. The second-order valence-corrected chi connectivity index (χ2v) is 7.31. The van der Waals surface area contributed by atoms with E-state index in [1.54, 1.807) is 7.11 Å². The molecule has 2 aromatic heterocycles. The van der Waals surface area contributed by atoms with Crippen molar-refractivity contribution in [2.24, 2.45) is 0 Å². The molecule has 1 aliphatic heterocycles. The van der Waals surface area contributed by atoms with Gasteiger partial charge in [-0.2, -0.15) is 0 Å². The summed E-state index contributed by atoms with van der Waals surface area (Å²) in [6.45, 7) is 7.36. The molecule has 1 aliphatic rings. The van der Waals surface area contributed by atoms with Crippen molar-refractivity contribution >= 4 is 0 Å². The first-order valence-corrected chi connectivity index (χ1v) is 9.46. The third kappa shape index (κ3) is 3.60. The number of benzene rings is 1. The predicted octanol–water partition coefficient (Wildman–Crippen LogP) is 4.02. The third-order valence-electron chi connectivity index (χ3n) is 5.40. The van der Waals surface area contributed by atoms with Gasteiger partial charge in [0.25, 0.3) is 0 Å². The van der Waals surface area contributed by atoms with E-state index in [0.29, 0.717) is 6.04 Å². The fraction of sp³-hybridized carbons (Fsp3) is 0.364. The lowest BCUT2D eigenvalue weighted by molar-refractivity contribution is 0.315. The summed E-state index contributed by atoms with van der Waals surface area (Å²) in [4.78, 5) is 11.3. The lowest BCUT2D eigenvalue weighted by Gasteiger charge is -2.20. The molecule has 1 aromatic carbocycles. The third-order valence-corrected chi connectivity index (χ3v) is 5.40. The lowest BCUT2D eigenvalue weighted by Crippen LogP contribution is -2.22. The van der Waals surface area contributed by atoms with Gasteiger partial charge in [-0.15, -0.1) is 0 Å². The van der Waals surface area contributed by atoms with Crippen LogP contribution in [-0.4, -0.2) is 39.6 Å². The molecule has 27 heavy (non-hydrogen) atoms. The average Bonchev–Trinajstić information content (AvgIpc) is 3.29. The van der Waals surface area contributed by atoms with Crippen molar-refractivity contribution in [3.8, 4) is 17.1 Å². The molecule has 1 fully saturated rings. The van der Waals surface area contributed by atoms with E-state index in [1.165, 1.54) is 16.8 Å². The topological polar surface area (TPSA) is 43.2 Å². The molecule has 0 bridgehead atoms. The van der Waals surface area contributed by atoms with Crippen LogP contribution in [0.2, 0.25) is 0 Å². The Balaban J connectivity index is 1.51. The van der Waals surface area contributed by atoms with E-state index in [0.717, 1.165) is 43.2 Å². The first-order chi connectivity index (χ1) is 13.2. The molecule has 1 unspecified atom stereocenters. The van der Waals surface area contributed by atoms with Crippen molar-refractivity contribution in [1.82, 2.24) is 19.4 Å². The van der Waals surface area contributed by atoms with Crippen LogP contribution in [0, 0.1) is 13.8 Å². The summed E-state index contributed by atoms with van der Waals surface area (Å²) in [5, 5.41) is 0. The van der Waals surface area contributed by atoms with Crippen LogP contribution in [0.15, 0.2) is 48.9 Å². The summed E-state index contributed by atoms with van der Waals surface area (Å²) in [6, 6.07) is 11.0. The quantitative estimate of drug-likeness (QED) is 0.688. The van der Waals surface area contributed by atoms with Crippen LogP contribution in [0.3, 0.4) is 0 Å². The highest BCUT2D eigenvalue weighted by Crippen LogP contribution is 2.30. The number of methoxy groups -OCH3 is 1. The zero-order valence-corrected chi connectivity index (χ0v) is 16.2. The SMILES string of the molecule is COc1ccc(CN2CCC(n3c(C)cnc3-c3ccncc3)C2)cc1C. The first-order valence-electron chi connectivity index (χ1n) is 9.46. The van der Waals surface area contributed by atoms with Crippen LogP contribution in [0.4, 0.5) is 0 Å². The second-order valence-electron chi connectivity index (χ2n) is 7.31. The minimum atomic E-state index is 0.454. The van der Waals surface area contributed by atoms with Crippen molar-refractivity contribution in [2.45, 2.75) is 32.9 Å². The van der Waals surface area contributed by atoms with Gasteiger partial charge in [0.05, 0.1) is 7.11 Å². The molecule has 3 heterocycles. The summed E-state index contributed by atoms with van der Waals surface area (Å²) in [6.07, 6.45) is 6.78. The Labute approximate surface area is 160 Å². The monoisotopic (exact) mass is 362 g/mol. The van der Waals surface area contributed by atoms with Crippen LogP contribution < -0.4 is 4.74 Å². The van der Waals surface area contributed by atoms with Gasteiger partial charge >= 0.3 is 0 Å². The van der Waals surface area contributed by atoms with Gasteiger partial charge in [-0.05, 0) is 49.6 Å². The molecular formula is C22H26N4O. The van der Waals surface area contributed by atoms with E-state index < -0.39 is 0 Å². The van der Waals surface area contributed by atoms with E-state index in [4.69, 9.17) is 4.74 Å². The fourth-order valence-electron chi connectivity index (χ4n) is 4.09. The van der Waals surface area contributed by atoms with E-state index in [2.05, 4.69) is 51.5 Å². The van der Waals surface area contributed by atoms with Crippen LogP contribution in [0.25, 0.3) is 11.4 Å². The highest BCUT2D eigenvalue weighted by Gasteiger charge is 2.27. The highest BCUT2D eigenvalue weighted by molar-refractivity contribution is 5.55. The second kappa shape index (κ2) is 7.53. The number of hydrogen-bond acceptors (Lipinski definition) is 4. The fourth-order valence-corrected chi connectivity index (χ4v) is 4.09. The number of pyridine rings is 1. The average molecular weight is 362 g/mol. The Kier molecular flexibility index (Phi) is 4.94. The van der Waals surface area contributed by atoms with Gasteiger partial charge in [0.15, 0.2) is 0 Å². The minimum absolute atomic E-state index is 0.454. The van der Waals surface area contributed by atoms with Gasteiger partial charge in [0, 0.05) is 55.5 Å². The summed E-state index contributed by atoms with van der Waals surface area (Å²) < 4.78 is 7.77. The van der Waals surface area contributed by atoms with Crippen LogP contribution in [0.5, 0.6) is 5.75 Å².